The Morgan fingerprint density at radius 1 is 0.891 bits per heavy atom. The zero-order chi connectivity index (χ0) is 34.0. The number of hydrogen-bond donors (Lipinski definition) is 7. The second-order valence-electron chi connectivity index (χ2n) is 12.7. The summed E-state index contributed by atoms with van der Waals surface area (Å²) in [6.07, 6.45) is 2.35. The van der Waals surface area contributed by atoms with Gasteiger partial charge >= 0.3 is 0 Å². The van der Waals surface area contributed by atoms with Gasteiger partial charge < -0.3 is 37.2 Å². The summed E-state index contributed by atoms with van der Waals surface area (Å²) in [5.74, 6) is -1.41. The molecule has 46 heavy (non-hydrogen) atoms. The highest BCUT2D eigenvalue weighted by Gasteiger charge is 2.38. The molecule has 2 rings (SSSR count). The van der Waals surface area contributed by atoms with Crippen LogP contribution in [0.15, 0.2) is 0 Å². The minimum atomic E-state index is -0.910. The third-order valence-electron chi connectivity index (χ3n) is 8.88. The maximum Gasteiger partial charge on any atom is 0.245 e. The summed E-state index contributed by atoms with van der Waals surface area (Å²) in [6.45, 7) is 19.1. The number of nitrogens with one attached hydrogen (secondary N) is 6. The Hall–Kier alpha value is -3.54. The second kappa shape index (κ2) is 18.6. The fraction of sp³-hybridized carbons (Fsp3) is 0.667. The maximum atomic E-state index is 13.8. The lowest BCUT2D eigenvalue weighted by atomic mass is 9.92. The van der Waals surface area contributed by atoms with Crippen LogP contribution in [-0.4, -0.2) is 78.3 Å². The summed E-state index contributed by atoms with van der Waals surface area (Å²) in [4.78, 5) is 55.3. The average molecular weight is 665 g/mol. The van der Waals surface area contributed by atoms with Gasteiger partial charge in [0.15, 0.2) is 5.96 Å². The van der Waals surface area contributed by atoms with Crippen LogP contribution in [-0.2, 0) is 19.2 Å². The lowest BCUT2D eigenvalue weighted by Gasteiger charge is -2.30. The van der Waals surface area contributed by atoms with Gasteiger partial charge in [0.1, 0.15) is 24.2 Å². The maximum absolute atomic E-state index is 13.8. The van der Waals surface area contributed by atoms with E-state index < -0.39 is 30.1 Å². The first-order chi connectivity index (χ1) is 21.1. The highest BCUT2D eigenvalue weighted by atomic mass is 35.5. The minimum absolute atomic E-state index is 0. The van der Waals surface area contributed by atoms with Gasteiger partial charge in [0, 0.05) is 25.3 Å². The Morgan fingerprint density at radius 2 is 1.46 bits per heavy atom. The fourth-order valence-electron chi connectivity index (χ4n) is 5.85. The number of nitrogens with two attached hydrogens (primary N) is 1. The van der Waals surface area contributed by atoms with Crippen molar-refractivity contribution in [3.8, 4) is 0 Å². The van der Waals surface area contributed by atoms with Crippen molar-refractivity contribution in [2.75, 3.05) is 25.0 Å². The number of amides is 4. The van der Waals surface area contributed by atoms with Gasteiger partial charge in [-0.2, -0.15) is 0 Å². The van der Waals surface area contributed by atoms with E-state index in [1.54, 1.807) is 11.8 Å². The Morgan fingerprint density at radius 3 is 2.00 bits per heavy atom. The van der Waals surface area contributed by atoms with E-state index in [0.29, 0.717) is 45.3 Å². The normalized spacial score (nSPS) is 16.1. The molecule has 0 unspecified atom stereocenters. The van der Waals surface area contributed by atoms with Crippen LogP contribution in [0.3, 0.4) is 0 Å². The van der Waals surface area contributed by atoms with Crippen molar-refractivity contribution in [1.29, 1.82) is 5.41 Å². The van der Waals surface area contributed by atoms with Crippen LogP contribution in [0.1, 0.15) is 87.6 Å². The number of benzene rings is 1. The summed E-state index contributed by atoms with van der Waals surface area (Å²) in [5, 5.41) is 22.1. The summed E-state index contributed by atoms with van der Waals surface area (Å²) in [5.41, 5.74) is 12.1. The summed E-state index contributed by atoms with van der Waals surface area (Å²) in [6, 6.07) is -2.99. The SMILES string of the molecule is CCNC(=O)[C@@H]1CCCN1C(=O)[C@H](CCCNC(=N)N)NC(=O)[C@H](CC(C)C)NC(=O)[C@H](C)Nc1c(C)c(C)c(C)c(C)c1C.Cl. The Labute approximate surface area is 281 Å². The first kappa shape index (κ1) is 40.5. The first-order valence-corrected chi connectivity index (χ1v) is 16.2. The molecular formula is C33H57ClN8O4. The molecule has 1 aromatic carbocycles. The molecule has 1 heterocycles. The van der Waals surface area contributed by atoms with Crippen molar-refractivity contribution in [1.82, 2.24) is 26.2 Å². The lowest BCUT2D eigenvalue weighted by Crippen LogP contribution is -2.57. The van der Waals surface area contributed by atoms with Crippen LogP contribution in [0.25, 0.3) is 0 Å². The van der Waals surface area contributed by atoms with Crippen molar-refractivity contribution < 1.29 is 19.2 Å². The van der Waals surface area contributed by atoms with E-state index in [-0.39, 0.29) is 48.4 Å². The molecule has 0 saturated carbocycles. The van der Waals surface area contributed by atoms with Crippen LogP contribution in [0.5, 0.6) is 0 Å². The van der Waals surface area contributed by atoms with Crippen LogP contribution in [0, 0.1) is 45.9 Å². The van der Waals surface area contributed by atoms with Crippen molar-refractivity contribution in [3.63, 3.8) is 0 Å². The number of carbonyl (C=O) groups is 4. The van der Waals surface area contributed by atoms with E-state index in [0.717, 1.165) is 16.8 Å². The smallest absolute Gasteiger partial charge is 0.245 e. The number of likely N-dealkylation sites (tertiary alicyclic amines) is 1. The summed E-state index contributed by atoms with van der Waals surface area (Å²) >= 11 is 0. The number of anilines is 1. The van der Waals surface area contributed by atoms with Gasteiger partial charge in [-0.15, -0.1) is 12.4 Å². The molecule has 1 fully saturated rings. The van der Waals surface area contributed by atoms with Crippen molar-refractivity contribution >= 4 is 47.7 Å². The van der Waals surface area contributed by atoms with Crippen LogP contribution < -0.4 is 32.3 Å². The fourth-order valence-corrected chi connectivity index (χ4v) is 5.85. The third kappa shape index (κ3) is 10.8. The molecule has 8 N–H and O–H groups in total. The minimum Gasteiger partial charge on any atom is -0.373 e. The molecule has 4 atom stereocenters. The van der Waals surface area contributed by atoms with E-state index in [1.165, 1.54) is 16.7 Å². The molecule has 260 valence electrons. The highest BCUT2D eigenvalue weighted by molar-refractivity contribution is 5.95. The van der Waals surface area contributed by atoms with Crippen molar-refractivity contribution in [2.45, 2.75) is 119 Å². The largest absolute Gasteiger partial charge is 0.373 e. The number of hydrogen-bond acceptors (Lipinski definition) is 6. The van der Waals surface area contributed by atoms with Crippen molar-refractivity contribution in [2.24, 2.45) is 11.7 Å². The number of guanidine groups is 1. The molecule has 4 amide bonds. The summed E-state index contributed by atoms with van der Waals surface area (Å²) < 4.78 is 0. The number of likely N-dealkylation sites (N-methyl/N-ethyl adjacent to an activating group) is 1. The van der Waals surface area contributed by atoms with Gasteiger partial charge in [-0.3, -0.25) is 24.6 Å². The van der Waals surface area contributed by atoms with E-state index in [9.17, 15) is 19.2 Å². The van der Waals surface area contributed by atoms with Gasteiger partial charge in [-0.1, -0.05) is 13.8 Å². The molecule has 13 heteroatoms. The number of nitrogens with zero attached hydrogens (tertiary/aromatic N) is 1. The molecule has 1 saturated heterocycles. The first-order valence-electron chi connectivity index (χ1n) is 16.2. The van der Waals surface area contributed by atoms with Gasteiger partial charge in [0.05, 0.1) is 0 Å². The zero-order valence-electron chi connectivity index (χ0n) is 29.1. The van der Waals surface area contributed by atoms with Crippen LogP contribution in [0.2, 0.25) is 0 Å². The highest BCUT2D eigenvalue weighted by Crippen LogP contribution is 2.30. The molecule has 0 bridgehead atoms. The molecular weight excluding hydrogens is 608 g/mol. The molecule has 0 aliphatic carbocycles. The zero-order valence-corrected chi connectivity index (χ0v) is 29.9. The van der Waals surface area contributed by atoms with E-state index in [1.807, 2.05) is 34.6 Å². The second-order valence-corrected chi connectivity index (χ2v) is 12.7. The quantitative estimate of drug-likeness (QED) is 0.0855. The van der Waals surface area contributed by atoms with Crippen LogP contribution in [0.4, 0.5) is 5.69 Å². The molecule has 1 aromatic rings. The molecule has 12 nitrogen and oxygen atoms in total. The van der Waals surface area contributed by atoms with E-state index in [2.05, 4.69) is 47.4 Å². The number of rotatable bonds is 15. The average Bonchev–Trinajstić information content (AvgIpc) is 3.48. The molecule has 0 radical (unpaired) electrons. The van der Waals surface area contributed by atoms with Crippen molar-refractivity contribution in [3.05, 3.63) is 27.8 Å². The number of carbonyl (C=O) groups excluding carboxylic acids is 4. The standard InChI is InChI=1S/C33H56N8O4.ClH/c1-10-36-31(44)27-14-12-16-41(27)32(45)25(13-11-15-37-33(34)35)39-30(43)26(17-18(2)3)40-29(42)24(9)38-28-22(7)20(5)19(4)21(6)23(28)8;/h18,24-27,38H,10-17H2,1-9H3,(H,36,44)(H,39,43)(H,40,42)(H4,34,35,37);1H/t24-,25-,26-,27-;/m0./s1. The van der Waals surface area contributed by atoms with Gasteiger partial charge in [-0.05, 0) is 114 Å². The Balaban J connectivity index is 0.0000106. The lowest BCUT2D eigenvalue weighted by molar-refractivity contribution is -0.142. The van der Waals surface area contributed by atoms with E-state index in [4.69, 9.17) is 11.1 Å². The molecule has 1 aliphatic rings. The predicted molar refractivity (Wildman–Crippen MR) is 186 cm³/mol. The summed E-state index contributed by atoms with van der Waals surface area (Å²) in [7, 11) is 0. The molecule has 1 aliphatic heterocycles. The number of halogens is 1. The Bertz CT molecular complexity index is 1230. The third-order valence-corrected chi connectivity index (χ3v) is 8.88. The van der Waals surface area contributed by atoms with E-state index >= 15 is 0 Å². The topological polar surface area (TPSA) is 182 Å². The monoisotopic (exact) mass is 664 g/mol. The molecule has 0 spiro atoms. The Kier molecular flexibility index (Phi) is 16.3. The molecule has 0 aromatic heterocycles. The van der Waals surface area contributed by atoms with Gasteiger partial charge in [0.2, 0.25) is 23.6 Å². The van der Waals surface area contributed by atoms with Gasteiger partial charge in [0.25, 0.3) is 0 Å². The van der Waals surface area contributed by atoms with Gasteiger partial charge in [-0.25, -0.2) is 0 Å². The van der Waals surface area contributed by atoms with Crippen LogP contribution >= 0.6 is 12.4 Å². The predicted octanol–water partition coefficient (Wildman–Crippen LogP) is 2.86.